The van der Waals surface area contributed by atoms with Crippen molar-refractivity contribution in [1.82, 2.24) is 8.99 Å². The molecule has 1 aliphatic heterocycles. The molecule has 0 radical (unpaired) electrons. The summed E-state index contributed by atoms with van der Waals surface area (Å²) in [5, 5.41) is 0.190. The molecule has 0 atom stereocenters. The predicted octanol–water partition coefficient (Wildman–Crippen LogP) is 3.03. The molecule has 0 aliphatic carbocycles. The van der Waals surface area contributed by atoms with Crippen LogP contribution in [0, 0.1) is 5.82 Å². The Bertz CT molecular complexity index is 1020. The Hall–Kier alpha value is -1.61. The lowest BCUT2D eigenvalue weighted by atomic mass is 10.1. The van der Waals surface area contributed by atoms with Gasteiger partial charge in [0.1, 0.15) is 22.6 Å². The van der Waals surface area contributed by atoms with Crippen molar-refractivity contribution in [3.8, 4) is 11.4 Å². The topological polar surface area (TPSA) is 68.6 Å². The van der Waals surface area contributed by atoms with Gasteiger partial charge in [-0.1, -0.05) is 11.6 Å². The van der Waals surface area contributed by atoms with E-state index < -0.39 is 26.1 Å². The van der Waals surface area contributed by atoms with E-state index in [1.165, 1.54) is 18.3 Å². The molecule has 0 spiro atoms. The van der Waals surface area contributed by atoms with E-state index in [-0.39, 0.29) is 22.6 Å². The summed E-state index contributed by atoms with van der Waals surface area (Å²) in [7, 11) is -3.70. The molecular weight excluding hydrogens is 418 g/mol. The van der Waals surface area contributed by atoms with E-state index in [2.05, 4.69) is 0 Å². The predicted molar refractivity (Wildman–Crippen MR) is 101 cm³/mol. The summed E-state index contributed by atoms with van der Waals surface area (Å²) >= 11 is 12.1. The Balaban J connectivity index is 1.89. The molecule has 1 aromatic carbocycles. The molecule has 2 aromatic rings. The first-order chi connectivity index (χ1) is 12.6. The van der Waals surface area contributed by atoms with Crippen LogP contribution in [0.4, 0.5) is 4.39 Å². The van der Waals surface area contributed by atoms with Gasteiger partial charge in [-0.05, 0) is 42.8 Å². The summed E-state index contributed by atoms with van der Waals surface area (Å²) in [6.45, 7) is 1.35. The van der Waals surface area contributed by atoms with Crippen molar-refractivity contribution in [2.24, 2.45) is 0 Å². The highest BCUT2D eigenvalue weighted by atomic mass is 35.5. The first-order valence-electron chi connectivity index (χ1n) is 8.15. The molecule has 1 aromatic heterocycles. The standard InChI is InChI=1S/C17H17Cl2FN2O4S/c1-27(24,25)16-3-2-11(8-14(16)20)22-10-13(18)15(9-17(22)23)26-12-4-6-21(19)7-5-12/h2-3,8-10,12H,4-7H2,1H3. The van der Waals surface area contributed by atoms with Gasteiger partial charge in [0.2, 0.25) is 0 Å². The normalized spacial score (nSPS) is 16.4. The summed E-state index contributed by atoms with van der Waals surface area (Å²) in [6, 6.07) is 4.67. The molecule has 10 heteroatoms. The highest BCUT2D eigenvalue weighted by molar-refractivity contribution is 7.90. The maximum atomic E-state index is 14.1. The van der Waals surface area contributed by atoms with Crippen LogP contribution in [0.3, 0.4) is 0 Å². The van der Waals surface area contributed by atoms with E-state index in [0.29, 0.717) is 25.9 Å². The first kappa shape index (κ1) is 20.1. The van der Waals surface area contributed by atoms with E-state index in [1.54, 1.807) is 4.42 Å². The largest absolute Gasteiger partial charge is 0.488 e. The zero-order valence-corrected chi connectivity index (χ0v) is 16.7. The number of hydrogen-bond donors (Lipinski definition) is 0. The van der Waals surface area contributed by atoms with Gasteiger partial charge in [0.05, 0.1) is 10.7 Å². The zero-order valence-electron chi connectivity index (χ0n) is 14.4. The summed E-state index contributed by atoms with van der Waals surface area (Å²) in [5.41, 5.74) is -0.315. The number of sulfone groups is 1. The Morgan fingerprint density at radius 3 is 2.48 bits per heavy atom. The lowest BCUT2D eigenvalue weighted by molar-refractivity contribution is 0.136. The van der Waals surface area contributed by atoms with Crippen molar-refractivity contribution < 1.29 is 17.5 Å². The third kappa shape index (κ3) is 4.63. The monoisotopic (exact) mass is 434 g/mol. The Morgan fingerprint density at radius 2 is 1.89 bits per heavy atom. The van der Waals surface area contributed by atoms with Crippen molar-refractivity contribution in [2.75, 3.05) is 19.3 Å². The van der Waals surface area contributed by atoms with E-state index in [1.807, 2.05) is 0 Å². The number of hydrogen-bond acceptors (Lipinski definition) is 5. The molecule has 0 N–H and O–H groups in total. The third-order valence-corrected chi connectivity index (χ3v) is 6.00. The Labute approximate surface area is 166 Å². The van der Waals surface area contributed by atoms with Crippen molar-refractivity contribution >= 4 is 33.2 Å². The Morgan fingerprint density at radius 1 is 1.22 bits per heavy atom. The number of piperidine rings is 1. The molecule has 27 heavy (non-hydrogen) atoms. The minimum atomic E-state index is -3.70. The van der Waals surface area contributed by atoms with Crippen molar-refractivity contribution in [3.63, 3.8) is 0 Å². The quantitative estimate of drug-likeness (QED) is 0.691. The smallest absolute Gasteiger partial charge is 0.258 e. The summed E-state index contributed by atoms with van der Waals surface area (Å²) in [4.78, 5) is 12.0. The fourth-order valence-corrected chi connectivity index (χ4v) is 3.97. The van der Waals surface area contributed by atoms with Crippen LogP contribution in [0.25, 0.3) is 5.69 Å². The molecule has 3 rings (SSSR count). The molecule has 0 amide bonds. The molecule has 146 valence electrons. The number of halogens is 3. The van der Waals surface area contributed by atoms with Crippen LogP contribution in [0.2, 0.25) is 5.02 Å². The van der Waals surface area contributed by atoms with Crippen LogP contribution in [-0.4, -0.2) is 42.9 Å². The molecule has 0 unspecified atom stereocenters. The minimum absolute atomic E-state index is 0.0979. The molecule has 0 saturated carbocycles. The van der Waals surface area contributed by atoms with E-state index in [4.69, 9.17) is 28.1 Å². The lowest BCUT2D eigenvalue weighted by Gasteiger charge is -2.27. The summed E-state index contributed by atoms with van der Waals surface area (Å²) in [5.74, 6) is -0.689. The van der Waals surface area contributed by atoms with Crippen LogP contribution in [0.1, 0.15) is 12.8 Å². The number of ether oxygens (including phenoxy) is 1. The Kier molecular flexibility index (Phi) is 5.81. The number of aromatic nitrogens is 1. The third-order valence-electron chi connectivity index (χ3n) is 4.24. The summed E-state index contributed by atoms with van der Waals surface area (Å²) < 4.78 is 45.8. The van der Waals surface area contributed by atoms with Crippen LogP contribution in [0.15, 0.2) is 40.2 Å². The second-order valence-corrected chi connectivity index (χ2v) is 9.18. The minimum Gasteiger partial charge on any atom is -0.488 e. The van der Waals surface area contributed by atoms with Gasteiger partial charge in [0.15, 0.2) is 9.84 Å². The fourth-order valence-electron chi connectivity index (χ4n) is 2.85. The van der Waals surface area contributed by atoms with Crippen molar-refractivity contribution in [1.29, 1.82) is 0 Å². The van der Waals surface area contributed by atoms with Gasteiger partial charge >= 0.3 is 0 Å². The van der Waals surface area contributed by atoms with Gasteiger partial charge in [-0.2, -0.15) is 0 Å². The van der Waals surface area contributed by atoms with Gasteiger partial charge in [0, 0.05) is 31.6 Å². The molecule has 6 nitrogen and oxygen atoms in total. The second kappa shape index (κ2) is 7.79. The maximum Gasteiger partial charge on any atom is 0.258 e. The van der Waals surface area contributed by atoms with Gasteiger partial charge in [-0.3, -0.25) is 9.36 Å². The molecule has 1 aliphatic rings. The van der Waals surface area contributed by atoms with Crippen LogP contribution in [-0.2, 0) is 9.84 Å². The van der Waals surface area contributed by atoms with E-state index in [9.17, 15) is 17.6 Å². The van der Waals surface area contributed by atoms with Gasteiger partial charge < -0.3 is 4.74 Å². The second-order valence-electron chi connectivity index (χ2n) is 6.31. The van der Waals surface area contributed by atoms with E-state index in [0.717, 1.165) is 23.0 Å². The number of nitrogens with zero attached hydrogens (tertiary/aromatic N) is 2. The van der Waals surface area contributed by atoms with E-state index >= 15 is 0 Å². The molecule has 2 heterocycles. The van der Waals surface area contributed by atoms with Gasteiger partial charge in [-0.15, -0.1) is 0 Å². The fraction of sp³-hybridized carbons (Fsp3) is 0.353. The highest BCUT2D eigenvalue weighted by Crippen LogP contribution is 2.27. The number of pyridine rings is 1. The average molecular weight is 435 g/mol. The molecular formula is C17H17Cl2FN2O4S. The molecule has 0 bridgehead atoms. The SMILES string of the molecule is CS(=O)(=O)c1ccc(-n2cc(Cl)c(OC3CCN(Cl)CC3)cc2=O)cc1F. The highest BCUT2D eigenvalue weighted by Gasteiger charge is 2.21. The number of rotatable bonds is 4. The first-order valence-corrected chi connectivity index (χ1v) is 10.8. The molecule has 1 saturated heterocycles. The summed E-state index contributed by atoms with van der Waals surface area (Å²) in [6.07, 6.45) is 3.56. The van der Waals surface area contributed by atoms with Gasteiger partial charge in [-0.25, -0.2) is 17.2 Å². The van der Waals surface area contributed by atoms with Crippen molar-refractivity contribution in [3.05, 3.63) is 51.7 Å². The van der Waals surface area contributed by atoms with Crippen LogP contribution < -0.4 is 10.3 Å². The van der Waals surface area contributed by atoms with Gasteiger partial charge in [0.25, 0.3) is 5.56 Å². The van der Waals surface area contributed by atoms with Crippen LogP contribution >= 0.6 is 23.4 Å². The molecule has 1 fully saturated rings. The van der Waals surface area contributed by atoms with Crippen LogP contribution in [0.5, 0.6) is 5.75 Å². The average Bonchev–Trinajstić information content (AvgIpc) is 2.58. The lowest BCUT2D eigenvalue weighted by Crippen LogP contribution is -2.33. The zero-order chi connectivity index (χ0) is 19.8. The maximum absolute atomic E-state index is 14.1. The van der Waals surface area contributed by atoms with Crippen molar-refractivity contribution in [2.45, 2.75) is 23.8 Å². The number of benzene rings is 1.